The molecule has 2 rings (SSSR count). The zero-order chi connectivity index (χ0) is 22.1. The van der Waals surface area contributed by atoms with Gasteiger partial charge in [-0.1, -0.05) is 42.5 Å². The summed E-state index contributed by atoms with van der Waals surface area (Å²) in [6.07, 6.45) is -0.206. The summed E-state index contributed by atoms with van der Waals surface area (Å²) in [5.74, 6) is -2.70. The Labute approximate surface area is 173 Å². The molecular formula is C21H23N3O6. The van der Waals surface area contributed by atoms with Crippen LogP contribution in [0.5, 0.6) is 0 Å². The smallest absolute Gasteiger partial charge is 0.306 e. The van der Waals surface area contributed by atoms with Crippen molar-refractivity contribution in [2.24, 2.45) is 5.73 Å². The molecule has 9 heteroatoms. The fraction of sp³-hybridized carbons (Fsp3) is 0.286. The maximum absolute atomic E-state index is 12.5. The maximum Gasteiger partial charge on any atom is 0.306 e. The van der Waals surface area contributed by atoms with Crippen molar-refractivity contribution in [2.45, 2.75) is 31.7 Å². The molecule has 0 aliphatic carbocycles. The lowest BCUT2D eigenvalue weighted by atomic mass is 9.87. The zero-order valence-electron chi connectivity index (χ0n) is 16.4. The van der Waals surface area contributed by atoms with E-state index in [0.29, 0.717) is 5.56 Å². The van der Waals surface area contributed by atoms with Crippen LogP contribution in [0.3, 0.4) is 0 Å². The molecule has 0 aromatic heterocycles. The first-order chi connectivity index (χ1) is 14.3. The van der Waals surface area contributed by atoms with Crippen LogP contribution >= 0.6 is 0 Å². The van der Waals surface area contributed by atoms with Crippen LogP contribution in [0.25, 0.3) is 0 Å². The number of ether oxygens (including phenoxy) is 1. The van der Waals surface area contributed by atoms with Crippen molar-refractivity contribution in [2.75, 3.05) is 6.61 Å². The molecule has 2 aromatic carbocycles. The van der Waals surface area contributed by atoms with E-state index in [0.717, 1.165) is 5.56 Å². The highest BCUT2D eigenvalue weighted by Gasteiger charge is 2.32. The Morgan fingerprint density at radius 2 is 1.73 bits per heavy atom. The first kappa shape index (κ1) is 22.5. The van der Waals surface area contributed by atoms with Crippen molar-refractivity contribution >= 4 is 23.5 Å². The molecule has 0 spiro atoms. The van der Waals surface area contributed by atoms with Crippen molar-refractivity contribution in [1.82, 2.24) is 5.32 Å². The van der Waals surface area contributed by atoms with Crippen molar-refractivity contribution in [3.63, 3.8) is 0 Å². The lowest BCUT2D eigenvalue weighted by Gasteiger charge is -2.25. The molecule has 0 bridgehead atoms. The molecule has 3 N–H and O–H groups in total. The van der Waals surface area contributed by atoms with Gasteiger partial charge < -0.3 is 15.8 Å². The third-order valence-electron chi connectivity index (χ3n) is 4.46. The van der Waals surface area contributed by atoms with E-state index in [1.54, 1.807) is 31.2 Å². The number of nitrogens with zero attached hydrogens (tertiary/aromatic N) is 1. The number of carbonyl (C=O) groups is 3. The second-order valence-electron chi connectivity index (χ2n) is 6.57. The van der Waals surface area contributed by atoms with Gasteiger partial charge >= 0.3 is 5.97 Å². The van der Waals surface area contributed by atoms with E-state index in [1.807, 2.05) is 6.07 Å². The quantitative estimate of drug-likeness (QED) is 0.346. The van der Waals surface area contributed by atoms with Gasteiger partial charge in [-0.2, -0.15) is 0 Å². The summed E-state index contributed by atoms with van der Waals surface area (Å²) in [4.78, 5) is 47.1. The highest BCUT2D eigenvalue weighted by molar-refractivity contribution is 5.89. The highest BCUT2D eigenvalue weighted by atomic mass is 16.6. The number of nitrogens with one attached hydrogen (secondary N) is 1. The SMILES string of the molecule is CCOC(=O)C[C@@H](c1ccc([N+](=O)[O-])cc1)[C@H](NC(=O)Cc1ccccc1)C(N)=O. The van der Waals surface area contributed by atoms with Gasteiger partial charge in [0.1, 0.15) is 6.04 Å². The summed E-state index contributed by atoms with van der Waals surface area (Å²) < 4.78 is 4.97. The first-order valence-corrected chi connectivity index (χ1v) is 9.34. The lowest BCUT2D eigenvalue weighted by Crippen LogP contribution is -2.49. The zero-order valence-corrected chi connectivity index (χ0v) is 16.4. The Kier molecular flexibility index (Phi) is 8.04. The van der Waals surface area contributed by atoms with E-state index < -0.39 is 34.7 Å². The maximum atomic E-state index is 12.5. The molecule has 0 unspecified atom stereocenters. The van der Waals surface area contributed by atoms with Crippen molar-refractivity contribution in [3.05, 3.63) is 75.8 Å². The number of hydrogen-bond donors (Lipinski definition) is 2. The fourth-order valence-electron chi connectivity index (χ4n) is 3.05. The molecule has 0 saturated heterocycles. The number of nitro groups is 1. The Balaban J connectivity index is 2.28. The summed E-state index contributed by atoms with van der Waals surface area (Å²) in [5, 5.41) is 13.5. The monoisotopic (exact) mass is 413 g/mol. The topological polar surface area (TPSA) is 142 Å². The molecule has 9 nitrogen and oxygen atoms in total. The highest BCUT2D eigenvalue weighted by Crippen LogP contribution is 2.26. The Hall–Kier alpha value is -3.75. The van der Waals surface area contributed by atoms with Crippen LogP contribution in [0, 0.1) is 10.1 Å². The third kappa shape index (κ3) is 6.40. The third-order valence-corrected chi connectivity index (χ3v) is 4.46. The fourth-order valence-corrected chi connectivity index (χ4v) is 3.05. The summed E-state index contributed by atoms with van der Waals surface area (Å²) in [5.41, 5.74) is 6.58. The molecule has 0 fully saturated rings. The molecule has 0 saturated carbocycles. The van der Waals surface area contributed by atoms with Gasteiger partial charge in [-0.15, -0.1) is 0 Å². The minimum Gasteiger partial charge on any atom is -0.466 e. The van der Waals surface area contributed by atoms with E-state index in [2.05, 4.69) is 5.32 Å². The molecule has 2 atom stereocenters. The van der Waals surface area contributed by atoms with E-state index in [1.165, 1.54) is 24.3 Å². The predicted octanol–water partition coefficient (Wildman–Crippen LogP) is 1.84. The number of nitrogens with two attached hydrogens (primary N) is 1. The number of hydrogen-bond acceptors (Lipinski definition) is 6. The van der Waals surface area contributed by atoms with Gasteiger partial charge in [-0.3, -0.25) is 24.5 Å². The Morgan fingerprint density at radius 1 is 1.10 bits per heavy atom. The number of nitro benzene ring substituents is 1. The molecule has 0 heterocycles. The van der Waals surface area contributed by atoms with Crippen LogP contribution in [0.2, 0.25) is 0 Å². The van der Waals surface area contributed by atoms with Crippen LogP contribution < -0.4 is 11.1 Å². The minimum atomic E-state index is -1.20. The Bertz CT molecular complexity index is 899. The molecule has 0 radical (unpaired) electrons. The molecule has 0 aliphatic heterocycles. The van der Waals surface area contributed by atoms with Crippen molar-refractivity contribution in [1.29, 1.82) is 0 Å². The van der Waals surface area contributed by atoms with Gasteiger partial charge in [-0.25, -0.2) is 0 Å². The molecule has 158 valence electrons. The predicted molar refractivity (Wildman–Crippen MR) is 108 cm³/mol. The summed E-state index contributed by atoms with van der Waals surface area (Å²) >= 11 is 0. The second-order valence-corrected chi connectivity index (χ2v) is 6.57. The van der Waals surface area contributed by atoms with Crippen LogP contribution in [0.1, 0.15) is 30.4 Å². The first-order valence-electron chi connectivity index (χ1n) is 9.34. The molecular weight excluding hydrogens is 390 g/mol. The summed E-state index contributed by atoms with van der Waals surface area (Å²) in [6, 6.07) is 13.1. The number of carbonyl (C=O) groups excluding carboxylic acids is 3. The normalized spacial score (nSPS) is 12.4. The minimum absolute atomic E-state index is 0.0248. The number of rotatable bonds is 10. The molecule has 0 aliphatic rings. The van der Waals surface area contributed by atoms with Gasteiger partial charge in [0.15, 0.2) is 0 Å². The van der Waals surface area contributed by atoms with Crippen LogP contribution in [-0.4, -0.2) is 35.4 Å². The van der Waals surface area contributed by atoms with E-state index in [9.17, 15) is 24.5 Å². The van der Waals surface area contributed by atoms with Crippen LogP contribution in [0.15, 0.2) is 54.6 Å². The average molecular weight is 413 g/mol. The Morgan fingerprint density at radius 3 is 2.27 bits per heavy atom. The number of amides is 2. The largest absolute Gasteiger partial charge is 0.466 e. The summed E-state index contributed by atoms with van der Waals surface area (Å²) in [6.45, 7) is 1.79. The van der Waals surface area contributed by atoms with E-state index >= 15 is 0 Å². The number of esters is 1. The van der Waals surface area contributed by atoms with Gasteiger partial charge in [0.25, 0.3) is 5.69 Å². The molecule has 2 aromatic rings. The summed E-state index contributed by atoms with van der Waals surface area (Å²) in [7, 11) is 0. The van der Waals surface area contributed by atoms with Crippen LogP contribution in [-0.2, 0) is 25.5 Å². The van der Waals surface area contributed by atoms with Crippen molar-refractivity contribution < 1.29 is 24.0 Å². The van der Waals surface area contributed by atoms with Gasteiger partial charge in [0, 0.05) is 18.1 Å². The van der Waals surface area contributed by atoms with Gasteiger partial charge in [0.2, 0.25) is 11.8 Å². The standard InChI is InChI=1S/C21H23N3O6/c1-2-30-19(26)13-17(15-8-10-16(11-9-15)24(28)29)20(21(22)27)23-18(25)12-14-6-4-3-5-7-14/h3-11,17,20H,2,12-13H2,1H3,(H2,22,27)(H,23,25)/t17-,20-/m0/s1. The number of primary amides is 1. The number of non-ortho nitro benzene ring substituents is 1. The van der Waals surface area contributed by atoms with E-state index in [4.69, 9.17) is 10.5 Å². The number of benzene rings is 2. The second kappa shape index (κ2) is 10.7. The van der Waals surface area contributed by atoms with Gasteiger partial charge in [0.05, 0.1) is 24.4 Å². The van der Waals surface area contributed by atoms with Crippen molar-refractivity contribution in [3.8, 4) is 0 Å². The average Bonchev–Trinajstić information content (AvgIpc) is 2.71. The molecule has 2 amide bonds. The molecule has 30 heavy (non-hydrogen) atoms. The van der Waals surface area contributed by atoms with Crippen LogP contribution in [0.4, 0.5) is 5.69 Å². The lowest BCUT2D eigenvalue weighted by molar-refractivity contribution is -0.384. The van der Waals surface area contributed by atoms with E-state index in [-0.39, 0.29) is 25.1 Å². The van der Waals surface area contributed by atoms with Gasteiger partial charge in [-0.05, 0) is 18.1 Å².